The van der Waals surface area contributed by atoms with Crippen LogP contribution in [0.4, 0.5) is 0 Å². The Morgan fingerprint density at radius 2 is 1.93 bits per heavy atom. The largest absolute Gasteiger partial charge is 0.340 e. The number of carbonyl (C=O) groups is 1. The van der Waals surface area contributed by atoms with Crippen LogP contribution >= 0.6 is 11.6 Å². The maximum absolute atomic E-state index is 11.5. The standard InChI is InChI=1S/C8H16ClN3O2S/c1-15(10,14)12-6-4-11(5-7-12)8(13)2-3-9/h10H,2-7H2,1H3. The zero-order chi connectivity index (χ0) is 11.5. The van der Waals surface area contributed by atoms with Gasteiger partial charge in [0.15, 0.2) is 0 Å². The molecular weight excluding hydrogens is 238 g/mol. The molecule has 0 aromatic rings. The lowest BCUT2D eigenvalue weighted by Gasteiger charge is -2.34. The van der Waals surface area contributed by atoms with E-state index in [-0.39, 0.29) is 5.91 Å². The van der Waals surface area contributed by atoms with E-state index in [0.29, 0.717) is 38.5 Å². The second-order valence-corrected chi connectivity index (χ2v) is 6.05. The molecule has 1 heterocycles. The molecule has 0 aliphatic carbocycles. The fourth-order valence-corrected chi connectivity index (χ4v) is 2.55. The first-order chi connectivity index (χ1) is 6.95. The summed E-state index contributed by atoms with van der Waals surface area (Å²) in [5.41, 5.74) is 0. The molecule has 1 atom stereocenters. The van der Waals surface area contributed by atoms with Gasteiger partial charge < -0.3 is 4.90 Å². The molecule has 88 valence electrons. The molecule has 0 radical (unpaired) electrons. The molecule has 15 heavy (non-hydrogen) atoms. The van der Waals surface area contributed by atoms with Crippen molar-refractivity contribution < 1.29 is 9.00 Å². The summed E-state index contributed by atoms with van der Waals surface area (Å²) in [6, 6.07) is 0. The van der Waals surface area contributed by atoms with Crippen LogP contribution < -0.4 is 0 Å². The lowest BCUT2D eigenvalue weighted by Crippen LogP contribution is -2.50. The average Bonchev–Trinajstić information content (AvgIpc) is 2.17. The van der Waals surface area contributed by atoms with Crippen LogP contribution in [0.2, 0.25) is 0 Å². The Morgan fingerprint density at radius 1 is 1.40 bits per heavy atom. The molecule has 5 nitrogen and oxygen atoms in total. The van der Waals surface area contributed by atoms with Crippen molar-refractivity contribution in [3.8, 4) is 0 Å². The van der Waals surface area contributed by atoms with Crippen LogP contribution in [-0.2, 0) is 14.7 Å². The first-order valence-electron chi connectivity index (χ1n) is 4.78. The SMILES string of the molecule is CS(=N)(=O)N1CCN(C(=O)CCCl)CC1. The Labute approximate surface area is 95.5 Å². The van der Waals surface area contributed by atoms with E-state index in [1.807, 2.05) is 0 Å². The zero-order valence-electron chi connectivity index (χ0n) is 8.74. The second-order valence-electron chi connectivity index (χ2n) is 3.55. The summed E-state index contributed by atoms with van der Waals surface area (Å²) in [4.78, 5) is 13.2. The molecule has 1 saturated heterocycles. The quantitative estimate of drug-likeness (QED) is 0.738. The minimum Gasteiger partial charge on any atom is -0.340 e. The van der Waals surface area contributed by atoms with E-state index >= 15 is 0 Å². The molecule has 7 heteroatoms. The summed E-state index contributed by atoms with van der Waals surface area (Å²) in [6.07, 6.45) is 1.76. The number of carbonyl (C=O) groups excluding carboxylic acids is 1. The fourth-order valence-electron chi connectivity index (χ4n) is 1.52. The van der Waals surface area contributed by atoms with E-state index in [2.05, 4.69) is 0 Å². The Morgan fingerprint density at radius 3 is 2.33 bits per heavy atom. The highest BCUT2D eigenvalue weighted by Gasteiger charge is 2.23. The van der Waals surface area contributed by atoms with E-state index in [9.17, 15) is 9.00 Å². The van der Waals surface area contributed by atoms with E-state index in [4.69, 9.17) is 16.4 Å². The van der Waals surface area contributed by atoms with Gasteiger partial charge in [0.25, 0.3) is 0 Å². The molecule has 1 fully saturated rings. The predicted octanol–water partition coefficient (Wildman–Crippen LogP) is 0.351. The lowest BCUT2D eigenvalue weighted by atomic mass is 10.3. The number of nitrogens with one attached hydrogen (secondary N) is 1. The second kappa shape index (κ2) is 5.14. The summed E-state index contributed by atoms with van der Waals surface area (Å²) in [5, 5.41) is 0. The van der Waals surface area contributed by atoms with Crippen molar-refractivity contribution in [3.63, 3.8) is 0 Å². The third-order valence-electron chi connectivity index (χ3n) is 2.39. The summed E-state index contributed by atoms with van der Waals surface area (Å²) in [5.74, 6) is 0.374. The Bertz CT molecular complexity index is 323. The van der Waals surface area contributed by atoms with Crippen LogP contribution in [0.25, 0.3) is 0 Å². The van der Waals surface area contributed by atoms with Crippen molar-refractivity contribution in [1.29, 1.82) is 4.78 Å². The van der Waals surface area contributed by atoms with Gasteiger partial charge in [-0.25, -0.2) is 13.3 Å². The van der Waals surface area contributed by atoms with Crippen LogP contribution in [0.1, 0.15) is 6.42 Å². The Balaban J connectivity index is 2.46. The molecule has 1 unspecified atom stereocenters. The molecule has 0 spiro atoms. The van der Waals surface area contributed by atoms with Gasteiger partial charge in [-0.1, -0.05) is 0 Å². The zero-order valence-corrected chi connectivity index (χ0v) is 10.3. The topological polar surface area (TPSA) is 64.5 Å². The highest BCUT2D eigenvalue weighted by Crippen LogP contribution is 2.07. The highest BCUT2D eigenvalue weighted by atomic mass is 35.5. The first kappa shape index (κ1) is 12.7. The molecular formula is C8H16ClN3O2S. The Hall–Kier alpha value is -0.330. The summed E-state index contributed by atoms with van der Waals surface area (Å²) in [7, 11) is -2.62. The van der Waals surface area contributed by atoms with E-state index in [1.165, 1.54) is 6.26 Å². The molecule has 1 aliphatic rings. The number of rotatable bonds is 3. The summed E-state index contributed by atoms with van der Waals surface area (Å²) < 4.78 is 20.4. The van der Waals surface area contributed by atoms with Gasteiger partial charge in [0.2, 0.25) is 5.91 Å². The molecule has 0 aromatic heterocycles. The van der Waals surface area contributed by atoms with Crippen LogP contribution in [0.3, 0.4) is 0 Å². The van der Waals surface area contributed by atoms with Crippen molar-refractivity contribution in [2.24, 2.45) is 0 Å². The third-order valence-corrected chi connectivity index (χ3v) is 3.93. The van der Waals surface area contributed by atoms with Crippen molar-refractivity contribution in [2.75, 3.05) is 38.3 Å². The molecule has 1 N–H and O–H groups in total. The number of alkyl halides is 1. The van der Waals surface area contributed by atoms with Gasteiger partial charge in [0.1, 0.15) is 9.92 Å². The van der Waals surface area contributed by atoms with E-state index in [1.54, 1.807) is 9.21 Å². The molecule has 1 amide bonds. The Kier molecular flexibility index (Phi) is 4.36. The summed E-state index contributed by atoms with van der Waals surface area (Å²) in [6.45, 7) is 2.10. The van der Waals surface area contributed by atoms with Crippen LogP contribution in [-0.4, -0.2) is 57.6 Å². The van der Waals surface area contributed by atoms with Gasteiger partial charge in [-0.2, -0.15) is 0 Å². The van der Waals surface area contributed by atoms with E-state index in [0.717, 1.165) is 0 Å². The minimum absolute atomic E-state index is 0.0391. The number of piperazine rings is 1. The van der Waals surface area contributed by atoms with Crippen LogP contribution in [0, 0.1) is 4.78 Å². The molecule has 1 aliphatic heterocycles. The molecule has 0 bridgehead atoms. The van der Waals surface area contributed by atoms with Gasteiger partial charge in [0, 0.05) is 44.7 Å². The van der Waals surface area contributed by atoms with Gasteiger partial charge in [-0.15, -0.1) is 11.6 Å². The van der Waals surface area contributed by atoms with Gasteiger partial charge >= 0.3 is 0 Å². The number of hydrogen-bond acceptors (Lipinski definition) is 3. The van der Waals surface area contributed by atoms with Gasteiger partial charge in [0.05, 0.1) is 0 Å². The van der Waals surface area contributed by atoms with Gasteiger partial charge in [-0.05, 0) is 0 Å². The minimum atomic E-state index is -2.62. The number of halogens is 1. The molecule has 0 saturated carbocycles. The average molecular weight is 254 g/mol. The number of hydrogen-bond donors (Lipinski definition) is 1. The summed E-state index contributed by atoms with van der Waals surface area (Å²) >= 11 is 5.48. The lowest BCUT2D eigenvalue weighted by molar-refractivity contribution is -0.131. The smallest absolute Gasteiger partial charge is 0.223 e. The third kappa shape index (κ3) is 3.62. The van der Waals surface area contributed by atoms with E-state index < -0.39 is 9.92 Å². The van der Waals surface area contributed by atoms with Crippen molar-refractivity contribution in [2.45, 2.75) is 6.42 Å². The van der Waals surface area contributed by atoms with Crippen LogP contribution in [0.15, 0.2) is 0 Å². The molecule has 0 aromatic carbocycles. The molecule has 1 rings (SSSR count). The van der Waals surface area contributed by atoms with Crippen molar-refractivity contribution in [3.05, 3.63) is 0 Å². The van der Waals surface area contributed by atoms with Crippen molar-refractivity contribution in [1.82, 2.24) is 9.21 Å². The van der Waals surface area contributed by atoms with Crippen molar-refractivity contribution >= 4 is 27.4 Å². The fraction of sp³-hybridized carbons (Fsp3) is 0.875. The first-order valence-corrected chi connectivity index (χ1v) is 7.23. The predicted molar refractivity (Wildman–Crippen MR) is 60.3 cm³/mol. The monoisotopic (exact) mass is 253 g/mol. The maximum Gasteiger partial charge on any atom is 0.223 e. The normalized spacial score (nSPS) is 22.4. The number of amides is 1. The highest BCUT2D eigenvalue weighted by molar-refractivity contribution is 7.89. The number of nitrogens with zero attached hydrogens (tertiary/aromatic N) is 2. The maximum atomic E-state index is 11.5. The van der Waals surface area contributed by atoms with Crippen LogP contribution in [0.5, 0.6) is 0 Å². The van der Waals surface area contributed by atoms with Gasteiger partial charge in [-0.3, -0.25) is 4.79 Å².